The van der Waals surface area contributed by atoms with Gasteiger partial charge in [0.1, 0.15) is 0 Å². The van der Waals surface area contributed by atoms with E-state index in [0.29, 0.717) is 5.56 Å². The quantitative estimate of drug-likeness (QED) is 0.727. The summed E-state index contributed by atoms with van der Waals surface area (Å²) < 4.78 is 0. The molecule has 148 valence electrons. The number of para-hydroxylation sites is 1. The van der Waals surface area contributed by atoms with Crippen molar-refractivity contribution >= 4 is 23.0 Å². The number of benzene rings is 2. The molecule has 1 aromatic heterocycles. The molecule has 1 aliphatic heterocycles. The molecule has 5 nitrogen and oxygen atoms in total. The van der Waals surface area contributed by atoms with Crippen LogP contribution in [0.5, 0.6) is 0 Å². The molecule has 0 atom stereocenters. The standard InChI is InChI=1S/C24H26N4O/c1-18-7-6-10-23(19(18)2)28-13-11-27(12-14-28)22-15-20(16-25-17-22)24(29)26-21-8-4-3-5-9-21/h3-10,15-17H,11-14H2,1-2H3,(H,26,29). The Hall–Kier alpha value is -3.34. The molecule has 1 N–H and O–H groups in total. The van der Waals surface area contributed by atoms with E-state index in [1.807, 2.05) is 42.6 Å². The second-order valence-electron chi connectivity index (χ2n) is 7.45. The van der Waals surface area contributed by atoms with E-state index < -0.39 is 0 Å². The molecule has 2 aromatic carbocycles. The number of aromatic nitrogens is 1. The molecule has 0 saturated carbocycles. The van der Waals surface area contributed by atoms with Crippen LogP contribution in [0.3, 0.4) is 0 Å². The summed E-state index contributed by atoms with van der Waals surface area (Å²) in [6.07, 6.45) is 3.46. The molecule has 5 heteroatoms. The van der Waals surface area contributed by atoms with E-state index in [1.54, 1.807) is 6.20 Å². The van der Waals surface area contributed by atoms with Crippen molar-refractivity contribution in [3.8, 4) is 0 Å². The van der Waals surface area contributed by atoms with E-state index in [2.05, 4.69) is 52.1 Å². The third kappa shape index (κ3) is 4.24. The molecule has 29 heavy (non-hydrogen) atoms. The number of anilines is 3. The molecule has 1 saturated heterocycles. The first kappa shape index (κ1) is 19.0. The number of aryl methyl sites for hydroxylation is 1. The van der Waals surface area contributed by atoms with E-state index in [9.17, 15) is 4.79 Å². The summed E-state index contributed by atoms with van der Waals surface area (Å²) in [5.41, 5.74) is 6.34. The van der Waals surface area contributed by atoms with Crippen molar-refractivity contribution in [2.24, 2.45) is 0 Å². The highest BCUT2D eigenvalue weighted by molar-refractivity contribution is 6.04. The molecular weight excluding hydrogens is 360 g/mol. The first-order chi connectivity index (χ1) is 14.1. The topological polar surface area (TPSA) is 48.5 Å². The van der Waals surface area contributed by atoms with Crippen molar-refractivity contribution in [2.45, 2.75) is 13.8 Å². The first-order valence-corrected chi connectivity index (χ1v) is 9.99. The lowest BCUT2D eigenvalue weighted by Crippen LogP contribution is -2.46. The maximum atomic E-state index is 12.6. The van der Waals surface area contributed by atoms with Crippen molar-refractivity contribution in [2.75, 3.05) is 41.3 Å². The normalized spacial score (nSPS) is 14.0. The summed E-state index contributed by atoms with van der Waals surface area (Å²) in [6, 6.07) is 17.9. The minimum absolute atomic E-state index is 0.139. The van der Waals surface area contributed by atoms with Gasteiger partial charge in [0.05, 0.1) is 17.4 Å². The van der Waals surface area contributed by atoms with Crippen LogP contribution >= 0.6 is 0 Å². The zero-order valence-electron chi connectivity index (χ0n) is 16.9. The number of hydrogen-bond donors (Lipinski definition) is 1. The molecule has 0 aliphatic carbocycles. The van der Waals surface area contributed by atoms with Crippen LogP contribution in [0.2, 0.25) is 0 Å². The van der Waals surface area contributed by atoms with Crippen molar-refractivity contribution < 1.29 is 4.79 Å². The monoisotopic (exact) mass is 386 g/mol. The number of amides is 1. The van der Waals surface area contributed by atoms with Crippen LogP contribution in [0, 0.1) is 13.8 Å². The van der Waals surface area contributed by atoms with E-state index in [1.165, 1.54) is 16.8 Å². The first-order valence-electron chi connectivity index (χ1n) is 9.99. The Morgan fingerprint density at radius 1 is 0.897 bits per heavy atom. The molecule has 2 heterocycles. The van der Waals surface area contributed by atoms with E-state index in [4.69, 9.17) is 0 Å². The average Bonchev–Trinajstić information content (AvgIpc) is 2.77. The van der Waals surface area contributed by atoms with Crippen LogP contribution in [-0.4, -0.2) is 37.1 Å². The predicted molar refractivity (Wildman–Crippen MR) is 119 cm³/mol. The second kappa shape index (κ2) is 8.35. The maximum absolute atomic E-state index is 12.6. The van der Waals surface area contributed by atoms with Crippen LogP contribution in [0.4, 0.5) is 17.1 Å². The van der Waals surface area contributed by atoms with Crippen molar-refractivity contribution in [3.63, 3.8) is 0 Å². The van der Waals surface area contributed by atoms with Crippen LogP contribution in [0.1, 0.15) is 21.5 Å². The molecule has 0 spiro atoms. The number of nitrogens with one attached hydrogen (secondary N) is 1. The van der Waals surface area contributed by atoms with Gasteiger partial charge in [-0.2, -0.15) is 0 Å². The van der Waals surface area contributed by atoms with Gasteiger partial charge in [0.25, 0.3) is 5.91 Å². The number of nitrogens with zero attached hydrogens (tertiary/aromatic N) is 3. The number of pyridine rings is 1. The lowest BCUT2D eigenvalue weighted by atomic mass is 10.1. The van der Waals surface area contributed by atoms with Crippen LogP contribution in [-0.2, 0) is 0 Å². The minimum Gasteiger partial charge on any atom is -0.368 e. The Labute approximate surface area is 172 Å². The van der Waals surface area contributed by atoms with Gasteiger partial charge in [-0.25, -0.2) is 0 Å². The Morgan fingerprint density at radius 3 is 2.38 bits per heavy atom. The van der Waals surface area contributed by atoms with E-state index in [0.717, 1.165) is 37.6 Å². The van der Waals surface area contributed by atoms with Gasteiger partial charge < -0.3 is 15.1 Å². The van der Waals surface area contributed by atoms with Gasteiger partial charge in [-0.1, -0.05) is 30.3 Å². The summed E-state index contributed by atoms with van der Waals surface area (Å²) in [7, 11) is 0. The molecule has 4 rings (SSSR count). The number of piperazine rings is 1. The Morgan fingerprint density at radius 2 is 1.62 bits per heavy atom. The van der Waals surface area contributed by atoms with Gasteiger partial charge in [0.2, 0.25) is 0 Å². The highest BCUT2D eigenvalue weighted by Gasteiger charge is 2.20. The summed E-state index contributed by atoms with van der Waals surface area (Å²) in [5.74, 6) is -0.139. The fourth-order valence-corrected chi connectivity index (χ4v) is 3.73. The smallest absolute Gasteiger partial charge is 0.257 e. The van der Waals surface area contributed by atoms with Gasteiger partial charge >= 0.3 is 0 Å². The molecule has 0 radical (unpaired) electrons. The second-order valence-corrected chi connectivity index (χ2v) is 7.45. The van der Waals surface area contributed by atoms with Crippen LogP contribution < -0.4 is 15.1 Å². The fraction of sp³-hybridized carbons (Fsp3) is 0.250. The zero-order chi connectivity index (χ0) is 20.2. The fourth-order valence-electron chi connectivity index (χ4n) is 3.73. The van der Waals surface area contributed by atoms with Crippen molar-refractivity contribution in [1.29, 1.82) is 0 Å². The highest BCUT2D eigenvalue weighted by Crippen LogP contribution is 2.25. The summed E-state index contributed by atoms with van der Waals surface area (Å²) in [5, 5.41) is 2.92. The Kier molecular flexibility index (Phi) is 5.47. The van der Waals surface area contributed by atoms with Crippen molar-refractivity contribution in [3.05, 3.63) is 83.7 Å². The van der Waals surface area contributed by atoms with Gasteiger partial charge in [0.15, 0.2) is 0 Å². The lowest BCUT2D eigenvalue weighted by Gasteiger charge is -2.38. The molecular formula is C24H26N4O. The highest BCUT2D eigenvalue weighted by atomic mass is 16.1. The van der Waals surface area contributed by atoms with Gasteiger partial charge in [-0.3, -0.25) is 9.78 Å². The number of rotatable bonds is 4. The molecule has 0 unspecified atom stereocenters. The number of carbonyl (C=O) groups is 1. The summed E-state index contributed by atoms with van der Waals surface area (Å²) in [6.45, 7) is 8.05. The minimum atomic E-state index is -0.139. The molecule has 0 bridgehead atoms. The Bertz CT molecular complexity index is 995. The van der Waals surface area contributed by atoms with Gasteiger partial charge in [-0.05, 0) is 49.2 Å². The van der Waals surface area contributed by atoms with Crippen LogP contribution in [0.15, 0.2) is 67.0 Å². The summed E-state index contributed by atoms with van der Waals surface area (Å²) in [4.78, 5) is 21.6. The Balaban J connectivity index is 1.43. The zero-order valence-corrected chi connectivity index (χ0v) is 16.9. The third-order valence-electron chi connectivity index (χ3n) is 5.58. The van der Waals surface area contributed by atoms with Gasteiger partial charge in [-0.15, -0.1) is 0 Å². The van der Waals surface area contributed by atoms with E-state index >= 15 is 0 Å². The predicted octanol–water partition coefficient (Wildman–Crippen LogP) is 4.28. The van der Waals surface area contributed by atoms with Gasteiger partial charge in [0, 0.05) is 43.8 Å². The molecule has 3 aromatic rings. The summed E-state index contributed by atoms with van der Waals surface area (Å²) >= 11 is 0. The molecule has 1 amide bonds. The molecule has 1 aliphatic rings. The maximum Gasteiger partial charge on any atom is 0.257 e. The number of hydrogen-bond acceptors (Lipinski definition) is 4. The lowest BCUT2D eigenvalue weighted by molar-refractivity contribution is 0.102. The number of carbonyl (C=O) groups excluding carboxylic acids is 1. The van der Waals surface area contributed by atoms with Crippen molar-refractivity contribution in [1.82, 2.24) is 4.98 Å². The largest absolute Gasteiger partial charge is 0.368 e. The SMILES string of the molecule is Cc1cccc(N2CCN(c3cncc(C(=O)Nc4ccccc4)c3)CC2)c1C. The van der Waals surface area contributed by atoms with E-state index in [-0.39, 0.29) is 5.91 Å². The molecule has 1 fully saturated rings. The third-order valence-corrected chi connectivity index (χ3v) is 5.58. The average molecular weight is 386 g/mol. The van der Waals surface area contributed by atoms with Crippen LogP contribution in [0.25, 0.3) is 0 Å².